The van der Waals surface area contributed by atoms with Gasteiger partial charge in [-0.1, -0.05) is 12.1 Å². The summed E-state index contributed by atoms with van der Waals surface area (Å²) >= 11 is 2.98. The average molecular weight is 321 g/mol. The minimum Gasteiger partial charge on any atom is -0.478 e. The SMILES string of the molecule is CSCc1ccc(C(=O)Nc2sc(C)cc2C(=O)O)cc1. The van der Waals surface area contributed by atoms with Gasteiger partial charge in [0.15, 0.2) is 0 Å². The van der Waals surface area contributed by atoms with Crippen molar-refractivity contribution >= 4 is 40.0 Å². The molecule has 0 fully saturated rings. The van der Waals surface area contributed by atoms with E-state index in [0.29, 0.717) is 10.6 Å². The Labute approximate surface area is 131 Å². The first kappa shape index (κ1) is 15.6. The molecular formula is C15H15NO3S2. The average Bonchev–Trinajstić information content (AvgIpc) is 2.81. The van der Waals surface area contributed by atoms with Crippen molar-refractivity contribution < 1.29 is 14.7 Å². The minimum absolute atomic E-state index is 0.129. The summed E-state index contributed by atoms with van der Waals surface area (Å²) in [5.74, 6) is -0.435. The number of rotatable bonds is 5. The quantitative estimate of drug-likeness (QED) is 0.877. The summed E-state index contributed by atoms with van der Waals surface area (Å²) in [6.07, 6.45) is 2.02. The number of nitrogens with one attached hydrogen (secondary N) is 1. The van der Waals surface area contributed by atoms with Crippen molar-refractivity contribution in [1.82, 2.24) is 0 Å². The van der Waals surface area contributed by atoms with Crippen LogP contribution in [0.3, 0.4) is 0 Å². The molecule has 1 amide bonds. The lowest BCUT2D eigenvalue weighted by atomic mass is 10.1. The van der Waals surface area contributed by atoms with E-state index < -0.39 is 5.97 Å². The van der Waals surface area contributed by atoms with E-state index in [1.807, 2.05) is 25.3 Å². The zero-order chi connectivity index (χ0) is 15.4. The molecule has 1 aromatic carbocycles. The summed E-state index contributed by atoms with van der Waals surface area (Å²) in [6.45, 7) is 1.81. The predicted molar refractivity (Wildman–Crippen MR) is 87.6 cm³/mol. The predicted octanol–water partition coefficient (Wildman–Crippen LogP) is 3.87. The summed E-state index contributed by atoms with van der Waals surface area (Å²) in [5.41, 5.74) is 1.80. The number of aryl methyl sites for hydroxylation is 1. The summed E-state index contributed by atoms with van der Waals surface area (Å²) < 4.78 is 0. The first-order valence-electron chi connectivity index (χ1n) is 6.24. The van der Waals surface area contributed by atoms with Gasteiger partial charge in [-0.25, -0.2) is 4.79 Å². The maximum atomic E-state index is 12.2. The maximum absolute atomic E-state index is 12.2. The van der Waals surface area contributed by atoms with Crippen molar-refractivity contribution in [3.05, 3.63) is 51.9 Å². The zero-order valence-electron chi connectivity index (χ0n) is 11.7. The van der Waals surface area contributed by atoms with E-state index in [9.17, 15) is 9.59 Å². The van der Waals surface area contributed by atoms with Crippen LogP contribution in [-0.2, 0) is 5.75 Å². The van der Waals surface area contributed by atoms with Crippen LogP contribution in [0.25, 0.3) is 0 Å². The van der Waals surface area contributed by atoms with Crippen LogP contribution in [-0.4, -0.2) is 23.2 Å². The van der Waals surface area contributed by atoms with Crippen molar-refractivity contribution in [3.63, 3.8) is 0 Å². The molecule has 2 rings (SSSR count). The van der Waals surface area contributed by atoms with Crippen LogP contribution < -0.4 is 5.32 Å². The Morgan fingerprint density at radius 3 is 2.52 bits per heavy atom. The highest BCUT2D eigenvalue weighted by Gasteiger charge is 2.16. The van der Waals surface area contributed by atoms with E-state index in [1.165, 1.54) is 11.3 Å². The summed E-state index contributed by atoms with van der Waals surface area (Å²) in [5, 5.41) is 12.2. The Bertz CT molecular complexity index is 662. The molecule has 0 saturated heterocycles. The van der Waals surface area contributed by atoms with Gasteiger partial charge in [0, 0.05) is 16.2 Å². The number of carboxylic acid groups (broad SMARTS) is 1. The molecule has 0 aliphatic rings. The van der Waals surface area contributed by atoms with Crippen LogP contribution in [0, 0.1) is 6.92 Å². The molecule has 0 spiro atoms. The number of hydrogen-bond acceptors (Lipinski definition) is 4. The molecule has 0 saturated carbocycles. The fourth-order valence-corrected chi connectivity index (χ4v) is 3.28. The molecule has 0 unspecified atom stereocenters. The smallest absolute Gasteiger partial charge is 0.338 e. The van der Waals surface area contributed by atoms with Crippen LogP contribution in [0.4, 0.5) is 5.00 Å². The molecule has 4 nitrogen and oxygen atoms in total. The largest absolute Gasteiger partial charge is 0.478 e. The highest BCUT2D eigenvalue weighted by Crippen LogP contribution is 2.28. The van der Waals surface area contributed by atoms with Gasteiger partial charge in [-0.15, -0.1) is 11.3 Å². The van der Waals surface area contributed by atoms with Crippen LogP contribution in [0.15, 0.2) is 30.3 Å². The maximum Gasteiger partial charge on any atom is 0.338 e. The number of thioether (sulfide) groups is 1. The fraction of sp³-hybridized carbons (Fsp3) is 0.200. The second-order valence-electron chi connectivity index (χ2n) is 4.49. The normalized spacial score (nSPS) is 10.4. The summed E-state index contributed by atoms with van der Waals surface area (Å²) in [7, 11) is 0. The molecule has 21 heavy (non-hydrogen) atoms. The monoisotopic (exact) mass is 321 g/mol. The topological polar surface area (TPSA) is 66.4 Å². The molecule has 0 radical (unpaired) electrons. The first-order valence-corrected chi connectivity index (χ1v) is 8.45. The number of aromatic carboxylic acids is 1. The van der Waals surface area contributed by atoms with E-state index in [-0.39, 0.29) is 11.5 Å². The van der Waals surface area contributed by atoms with Crippen molar-refractivity contribution in [3.8, 4) is 0 Å². The summed E-state index contributed by atoms with van der Waals surface area (Å²) in [6, 6.07) is 8.88. The summed E-state index contributed by atoms with van der Waals surface area (Å²) in [4.78, 5) is 24.1. The van der Waals surface area contributed by atoms with Crippen LogP contribution in [0.2, 0.25) is 0 Å². The van der Waals surface area contributed by atoms with E-state index in [2.05, 4.69) is 5.32 Å². The van der Waals surface area contributed by atoms with E-state index in [4.69, 9.17) is 5.11 Å². The first-order chi connectivity index (χ1) is 10.0. The molecule has 0 aliphatic heterocycles. The van der Waals surface area contributed by atoms with E-state index >= 15 is 0 Å². The van der Waals surface area contributed by atoms with Crippen molar-refractivity contribution in [2.45, 2.75) is 12.7 Å². The lowest BCUT2D eigenvalue weighted by molar-refractivity contribution is 0.0698. The number of hydrogen-bond donors (Lipinski definition) is 2. The Hall–Kier alpha value is -1.79. The highest BCUT2D eigenvalue weighted by molar-refractivity contribution is 7.97. The molecule has 110 valence electrons. The molecule has 1 aromatic heterocycles. The molecule has 0 atom stereocenters. The molecule has 6 heteroatoms. The Balaban J connectivity index is 2.16. The van der Waals surface area contributed by atoms with Gasteiger partial charge in [0.2, 0.25) is 0 Å². The molecule has 0 aliphatic carbocycles. The van der Waals surface area contributed by atoms with Crippen molar-refractivity contribution in [2.24, 2.45) is 0 Å². The van der Waals surface area contributed by atoms with E-state index in [1.54, 1.807) is 30.0 Å². The third-order valence-electron chi connectivity index (χ3n) is 2.84. The van der Waals surface area contributed by atoms with Crippen LogP contribution in [0.5, 0.6) is 0 Å². The number of carboxylic acids is 1. The molecular weight excluding hydrogens is 306 g/mol. The van der Waals surface area contributed by atoms with Crippen LogP contribution >= 0.6 is 23.1 Å². The van der Waals surface area contributed by atoms with Gasteiger partial charge < -0.3 is 10.4 Å². The molecule has 1 heterocycles. The number of carbonyl (C=O) groups is 2. The minimum atomic E-state index is -1.04. The van der Waals surface area contributed by atoms with Crippen molar-refractivity contribution in [2.75, 3.05) is 11.6 Å². The van der Waals surface area contributed by atoms with E-state index in [0.717, 1.165) is 16.2 Å². The number of carbonyl (C=O) groups excluding carboxylic acids is 1. The number of thiophene rings is 1. The van der Waals surface area contributed by atoms with Gasteiger partial charge in [0.05, 0.1) is 5.56 Å². The van der Waals surface area contributed by atoms with Gasteiger partial charge in [0.1, 0.15) is 5.00 Å². The fourth-order valence-electron chi connectivity index (χ4n) is 1.86. The Morgan fingerprint density at radius 2 is 1.95 bits per heavy atom. The third kappa shape index (κ3) is 3.86. The standard InChI is InChI=1S/C15H15NO3S2/c1-9-7-12(15(18)19)14(21-9)16-13(17)11-5-3-10(4-6-11)8-20-2/h3-7H,8H2,1-2H3,(H,16,17)(H,18,19). The highest BCUT2D eigenvalue weighted by atomic mass is 32.2. The lowest BCUT2D eigenvalue weighted by Gasteiger charge is -2.05. The number of amides is 1. The second kappa shape index (κ2) is 6.78. The van der Waals surface area contributed by atoms with Gasteiger partial charge in [-0.3, -0.25) is 4.79 Å². The molecule has 2 N–H and O–H groups in total. The number of anilines is 1. The molecule has 0 bridgehead atoms. The Morgan fingerprint density at radius 1 is 1.29 bits per heavy atom. The van der Waals surface area contributed by atoms with Gasteiger partial charge in [-0.2, -0.15) is 11.8 Å². The lowest BCUT2D eigenvalue weighted by Crippen LogP contribution is -2.13. The molecule has 2 aromatic rings. The zero-order valence-corrected chi connectivity index (χ0v) is 13.3. The van der Waals surface area contributed by atoms with Gasteiger partial charge >= 0.3 is 5.97 Å². The van der Waals surface area contributed by atoms with Gasteiger partial charge in [-0.05, 0) is 36.9 Å². The Kier molecular flexibility index (Phi) is 5.03. The second-order valence-corrected chi connectivity index (χ2v) is 6.61. The van der Waals surface area contributed by atoms with Gasteiger partial charge in [0.25, 0.3) is 5.91 Å². The van der Waals surface area contributed by atoms with Crippen molar-refractivity contribution in [1.29, 1.82) is 0 Å². The van der Waals surface area contributed by atoms with Crippen LogP contribution in [0.1, 0.15) is 31.2 Å². The third-order valence-corrected chi connectivity index (χ3v) is 4.43. The number of benzene rings is 1.